The first-order valence-electron chi connectivity index (χ1n) is 8.76. The summed E-state index contributed by atoms with van der Waals surface area (Å²) in [7, 11) is 0. The van der Waals surface area contributed by atoms with E-state index in [0.717, 1.165) is 0 Å². The third-order valence-electron chi connectivity index (χ3n) is 4.41. The molecule has 0 aliphatic carbocycles. The Morgan fingerprint density at radius 1 is 0.704 bits per heavy atom. The van der Waals surface area contributed by atoms with Crippen molar-refractivity contribution in [2.75, 3.05) is 13.2 Å². The van der Waals surface area contributed by atoms with Crippen molar-refractivity contribution in [3.05, 3.63) is 0 Å². The summed E-state index contributed by atoms with van der Waals surface area (Å²) < 4.78 is 21.5. The van der Waals surface area contributed by atoms with E-state index in [2.05, 4.69) is 0 Å². The lowest BCUT2D eigenvalue weighted by atomic mass is 9.98. The molecule has 0 bridgehead atoms. The molecule has 0 radical (unpaired) electrons. The first-order valence-corrected chi connectivity index (χ1v) is 8.76. The molecule has 0 aromatic carbocycles. The van der Waals surface area contributed by atoms with E-state index in [9.17, 15) is 35.7 Å². The lowest BCUT2D eigenvalue weighted by molar-refractivity contribution is -0.340. The van der Waals surface area contributed by atoms with Crippen molar-refractivity contribution in [3.63, 3.8) is 0 Å². The number of hydrogen-bond donors (Lipinski definition) is 7. The molecule has 160 valence electrons. The Kier molecular flexibility index (Phi) is 7.55. The van der Waals surface area contributed by atoms with Crippen molar-refractivity contribution < 1.29 is 54.7 Å². The highest BCUT2D eigenvalue weighted by atomic mass is 16.7. The Morgan fingerprint density at radius 3 is 1.70 bits per heavy atom. The fourth-order valence-corrected chi connectivity index (χ4v) is 2.89. The highest BCUT2D eigenvalue weighted by Crippen LogP contribution is 2.27. The van der Waals surface area contributed by atoms with Gasteiger partial charge in [-0.25, -0.2) is 0 Å². The molecule has 2 aliphatic rings. The predicted molar refractivity (Wildman–Crippen MR) is 87.2 cm³/mol. The zero-order chi connectivity index (χ0) is 20.5. The molecule has 5 unspecified atom stereocenters. The van der Waals surface area contributed by atoms with Crippen molar-refractivity contribution in [1.29, 1.82) is 0 Å². The SMILES string of the molecule is CC(C)(C)OC1OC(CO[C@H]2OC(CO)[C@H](O)[C@H](O)C2O)[C@@H](O)[C@H](O)C1O. The molecule has 2 aliphatic heterocycles. The van der Waals surface area contributed by atoms with Crippen LogP contribution in [0.1, 0.15) is 20.8 Å². The molecular formula is C16H30O11. The van der Waals surface area contributed by atoms with E-state index in [-0.39, 0.29) is 0 Å². The molecule has 2 heterocycles. The van der Waals surface area contributed by atoms with E-state index in [1.54, 1.807) is 20.8 Å². The van der Waals surface area contributed by atoms with Crippen LogP contribution in [0.4, 0.5) is 0 Å². The minimum absolute atomic E-state index is 0.391. The summed E-state index contributed by atoms with van der Waals surface area (Å²) in [5.74, 6) is 0. The first kappa shape index (κ1) is 22.8. The third kappa shape index (κ3) is 5.34. The van der Waals surface area contributed by atoms with Crippen LogP contribution < -0.4 is 0 Å². The largest absolute Gasteiger partial charge is 0.394 e. The van der Waals surface area contributed by atoms with Gasteiger partial charge in [0, 0.05) is 0 Å². The molecule has 0 saturated carbocycles. The number of aliphatic hydroxyl groups is 7. The van der Waals surface area contributed by atoms with Crippen molar-refractivity contribution >= 4 is 0 Å². The maximum Gasteiger partial charge on any atom is 0.187 e. The minimum Gasteiger partial charge on any atom is -0.394 e. The fourth-order valence-electron chi connectivity index (χ4n) is 2.89. The average molecular weight is 398 g/mol. The molecule has 0 spiro atoms. The second-order valence-corrected chi connectivity index (χ2v) is 7.78. The maximum absolute atomic E-state index is 10.1. The second kappa shape index (κ2) is 8.93. The van der Waals surface area contributed by atoms with E-state index in [1.807, 2.05) is 0 Å². The molecule has 2 fully saturated rings. The number of hydrogen-bond acceptors (Lipinski definition) is 11. The van der Waals surface area contributed by atoms with Crippen LogP contribution in [0.5, 0.6) is 0 Å². The summed E-state index contributed by atoms with van der Waals surface area (Å²) in [5.41, 5.74) is -0.698. The van der Waals surface area contributed by atoms with Gasteiger partial charge in [0.2, 0.25) is 0 Å². The Balaban J connectivity index is 2.00. The topological polar surface area (TPSA) is 179 Å². The van der Waals surface area contributed by atoms with E-state index < -0.39 is 80.2 Å². The van der Waals surface area contributed by atoms with Gasteiger partial charge in [0.05, 0.1) is 18.8 Å². The van der Waals surface area contributed by atoms with Crippen molar-refractivity contribution in [3.8, 4) is 0 Å². The minimum atomic E-state index is -1.61. The van der Waals surface area contributed by atoms with E-state index >= 15 is 0 Å². The summed E-state index contributed by atoms with van der Waals surface area (Å²) in [5, 5.41) is 68.8. The van der Waals surface area contributed by atoms with Crippen LogP contribution in [0.3, 0.4) is 0 Å². The van der Waals surface area contributed by atoms with Gasteiger partial charge in [-0.1, -0.05) is 0 Å². The Morgan fingerprint density at radius 2 is 1.19 bits per heavy atom. The summed E-state index contributed by atoms with van der Waals surface area (Å²) in [4.78, 5) is 0. The first-order chi connectivity index (χ1) is 12.5. The molecule has 7 N–H and O–H groups in total. The molecule has 11 heteroatoms. The molecule has 11 nitrogen and oxygen atoms in total. The molecular weight excluding hydrogens is 368 g/mol. The predicted octanol–water partition coefficient (Wildman–Crippen LogP) is -3.57. The Hall–Kier alpha value is -0.440. The lowest BCUT2D eigenvalue weighted by Crippen LogP contribution is -2.62. The number of aliphatic hydroxyl groups excluding tert-OH is 7. The van der Waals surface area contributed by atoms with Crippen LogP contribution in [0.25, 0.3) is 0 Å². The number of ether oxygens (including phenoxy) is 4. The highest BCUT2D eigenvalue weighted by molar-refractivity contribution is 4.92. The van der Waals surface area contributed by atoms with Gasteiger partial charge in [0.1, 0.15) is 48.8 Å². The zero-order valence-corrected chi connectivity index (χ0v) is 15.5. The van der Waals surface area contributed by atoms with Gasteiger partial charge in [-0.3, -0.25) is 0 Å². The summed E-state index contributed by atoms with van der Waals surface area (Å²) in [6.45, 7) is 4.16. The molecule has 0 amide bonds. The van der Waals surface area contributed by atoms with Crippen LogP contribution in [-0.4, -0.2) is 116 Å². The molecule has 2 rings (SSSR count). The van der Waals surface area contributed by atoms with Gasteiger partial charge in [-0.2, -0.15) is 0 Å². The second-order valence-electron chi connectivity index (χ2n) is 7.78. The van der Waals surface area contributed by atoms with Crippen LogP contribution in [0.15, 0.2) is 0 Å². The monoisotopic (exact) mass is 398 g/mol. The van der Waals surface area contributed by atoms with E-state index in [0.29, 0.717) is 0 Å². The van der Waals surface area contributed by atoms with Crippen LogP contribution in [0.2, 0.25) is 0 Å². The van der Waals surface area contributed by atoms with Gasteiger partial charge >= 0.3 is 0 Å². The third-order valence-corrected chi connectivity index (χ3v) is 4.41. The van der Waals surface area contributed by atoms with Gasteiger partial charge in [-0.05, 0) is 20.8 Å². The molecule has 0 aromatic rings. The molecule has 27 heavy (non-hydrogen) atoms. The molecule has 2 saturated heterocycles. The quantitative estimate of drug-likeness (QED) is 0.243. The summed E-state index contributed by atoms with van der Waals surface area (Å²) in [6, 6.07) is 0. The van der Waals surface area contributed by atoms with Crippen LogP contribution in [-0.2, 0) is 18.9 Å². The average Bonchev–Trinajstić information content (AvgIpc) is 2.59. The smallest absolute Gasteiger partial charge is 0.187 e. The van der Waals surface area contributed by atoms with Crippen molar-refractivity contribution in [2.24, 2.45) is 0 Å². The van der Waals surface area contributed by atoms with E-state index in [4.69, 9.17) is 18.9 Å². The van der Waals surface area contributed by atoms with Gasteiger partial charge in [-0.15, -0.1) is 0 Å². The van der Waals surface area contributed by atoms with Crippen molar-refractivity contribution in [1.82, 2.24) is 0 Å². The number of rotatable bonds is 5. The van der Waals surface area contributed by atoms with Gasteiger partial charge in [0.15, 0.2) is 12.6 Å². The van der Waals surface area contributed by atoms with Crippen molar-refractivity contribution in [2.45, 2.75) is 87.8 Å². The molecule has 0 aromatic heterocycles. The Labute approximate surface area is 156 Å². The van der Waals surface area contributed by atoms with E-state index in [1.165, 1.54) is 0 Å². The maximum atomic E-state index is 10.1. The van der Waals surface area contributed by atoms with Crippen LogP contribution in [0, 0.1) is 0 Å². The Bertz CT molecular complexity index is 468. The molecule has 10 atom stereocenters. The zero-order valence-electron chi connectivity index (χ0n) is 15.5. The van der Waals surface area contributed by atoms with Gasteiger partial charge in [0.25, 0.3) is 0 Å². The summed E-state index contributed by atoms with van der Waals surface area (Å²) in [6.07, 6.45) is -14.2. The summed E-state index contributed by atoms with van der Waals surface area (Å²) >= 11 is 0. The standard InChI is InChI=1S/C16H30O11/c1-16(2,3)27-15-13(23)11(21)9(19)7(26-15)5-24-14-12(22)10(20)8(18)6(4-17)25-14/h6-15,17-23H,4-5H2,1-3H3/t6?,7?,8-,9+,10-,11-,12?,13?,14-,15?/m0/s1. The normalized spacial score (nSPS) is 46.4. The van der Waals surface area contributed by atoms with Crippen LogP contribution >= 0.6 is 0 Å². The lowest BCUT2D eigenvalue weighted by Gasteiger charge is -2.43. The van der Waals surface area contributed by atoms with Gasteiger partial charge < -0.3 is 54.7 Å². The highest BCUT2D eigenvalue weighted by Gasteiger charge is 2.48. The fraction of sp³-hybridized carbons (Fsp3) is 1.00.